The molecule has 164 valence electrons. The van der Waals surface area contributed by atoms with Crippen molar-refractivity contribution in [1.82, 2.24) is 4.90 Å². The summed E-state index contributed by atoms with van der Waals surface area (Å²) < 4.78 is 10.6. The Balaban J connectivity index is 0.00000320. The van der Waals surface area contributed by atoms with Gasteiger partial charge in [-0.3, -0.25) is 4.90 Å². The number of aliphatic imine (C=N–C) groups is 1. The number of hydrogen-bond acceptors (Lipinski definition) is 5. The minimum atomic E-state index is -0.159. The lowest BCUT2D eigenvalue weighted by molar-refractivity contribution is 0.0791. The maximum absolute atomic E-state index is 9.70. The maximum Gasteiger partial charge on any atom is 0.193 e. The van der Waals surface area contributed by atoms with Crippen LogP contribution in [0.1, 0.15) is 24.0 Å². The number of rotatable bonds is 7. The van der Waals surface area contributed by atoms with Gasteiger partial charge < -0.3 is 25.6 Å². The number of benzene rings is 2. The Bertz CT molecular complexity index is 839. The SMILES string of the molecule is COc1ccc(NC(N)=NCc2ccccc2CN2CCC(O)CC2)cc1OC.I. The molecule has 0 bridgehead atoms. The molecule has 3 rings (SSSR count). The van der Waals surface area contributed by atoms with Crippen LogP contribution < -0.4 is 20.5 Å². The molecule has 0 radical (unpaired) electrons. The highest BCUT2D eigenvalue weighted by Gasteiger charge is 2.17. The number of nitrogens with zero attached hydrogens (tertiary/aromatic N) is 2. The van der Waals surface area contributed by atoms with Gasteiger partial charge in [0.15, 0.2) is 17.5 Å². The molecule has 0 aromatic heterocycles. The van der Waals surface area contributed by atoms with Gasteiger partial charge in [-0.05, 0) is 36.1 Å². The number of guanidine groups is 1. The van der Waals surface area contributed by atoms with Crippen LogP contribution in [0.2, 0.25) is 0 Å². The standard InChI is InChI=1S/C22H30N4O3.HI/c1-28-20-8-7-18(13-21(20)29-2)25-22(23)24-14-16-5-3-4-6-17(16)15-26-11-9-19(27)10-12-26;/h3-8,13,19,27H,9-12,14-15H2,1-2H3,(H3,23,24,25);1H. The summed E-state index contributed by atoms with van der Waals surface area (Å²) in [6, 6.07) is 13.8. The summed E-state index contributed by atoms with van der Waals surface area (Å²) >= 11 is 0. The number of piperidine rings is 1. The number of methoxy groups -OCH3 is 2. The molecule has 2 aromatic rings. The van der Waals surface area contributed by atoms with Gasteiger partial charge in [-0.15, -0.1) is 24.0 Å². The van der Waals surface area contributed by atoms with E-state index >= 15 is 0 Å². The highest BCUT2D eigenvalue weighted by Crippen LogP contribution is 2.29. The quantitative estimate of drug-likeness (QED) is 0.292. The first-order valence-electron chi connectivity index (χ1n) is 9.85. The van der Waals surface area contributed by atoms with Gasteiger partial charge in [-0.1, -0.05) is 24.3 Å². The van der Waals surface area contributed by atoms with Crippen molar-refractivity contribution in [3.8, 4) is 11.5 Å². The number of aliphatic hydroxyl groups is 1. The number of nitrogens with two attached hydrogens (primary N) is 1. The van der Waals surface area contributed by atoms with Crippen LogP contribution in [0.15, 0.2) is 47.5 Å². The zero-order chi connectivity index (χ0) is 20.6. The summed E-state index contributed by atoms with van der Waals surface area (Å²) in [5.41, 5.74) is 9.27. The maximum atomic E-state index is 9.70. The van der Waals surface area contributed by atoms with E-state index in [0.717, 1.165) is 43.7 Å². The number of nitrogens with one attached hydrogen (secondary N) is 1. The molecule has 0 spiro atoms. The number of likely N-dealkylation sites (tertiary alicyclic amines) is 1. The van der Waals surface area contributed by atoms with Crippen molar-refractivity contribution in [3.63, 3.8) is 0 Å². The molecule has 7 nitrogen and oxygen atoms in total. The predicted octanol–water partition coefficient (Wildman–Crippen LogP) is 3.21. The third kappa shape index (κ3) is 6.75. The van der Waals surface area contributed by atoms with Crippen LogP contribution in [0.3, 0.4) is 0 Å². The zero-order valence-corrected chi connectivity index (χ0v) is 19.8. The highest BCUT2D eigenvalue weighted by atomic mass is 127. The molecule has 30 heavy (non-hydrogen) atoms. The Kier molecular flexibility index (Phi) is 9.67. The minimum absolute atomic E-state index is 0. The first kappa shape index (κ1) is 24.2. The van der Waals surface area contributed by atoms with E-state index in [-0.39, 0.29) is 30.1 Å². The molecule has 8 heteroatoms. The molecule has 4 N–H and O–H groups in total. The van der Waals surface area contributed by atoms with Gasteiger partial charge >= 0.3 is 0 Å². The smallest absolute Gasteiger partial charge is 0.193 e. The Hall–Kier alpha value is -2.04. The van der Waals surface area contributed by atoms with Crippen molar-refractivity contribution in [2.45, 2.75) is 32.0 Å². The number of anilines is 1. The summed E-state index contributed by atoms with van der Waals surface area (Å²) in [4.78, 5) is 6.88. The van der Waals surface area contributed by atoms with Gasteiger partial charge in [0.25, 0.3) is 0 Å². The van der Waals surface area contributed by atoms with Crippen LogP contribution in [0.4, 0.5) is 5.69 Å². The zero-order valence-electron chi connectivity index (χ0n) is 17.5. The Morgan fingerprint density at radius 2 is 1.77 bits per heavy atom. The first-order valence-corrected chi connectivity index (χ1v) is 9.85. The predicted molar refractivity (Wildman–Crippen MR) is 131 cm³/mol. The second-order valence-corrected chi connectivity index (χ2v) is 7.17. The second-order valence-electron chi connectivity index (χ2n) is 7.17. The van der Waals surface area contributed by atoms with Crippen LogP contribution in [-0.4, -0.2) is 49.4 Å². The number of ether oxygens (including phenoxy) is 2. The van der Waals surface area contributed by atoms with Crippen LogP contribution in [0, 0.1) is 0 Å². The molecule has 1 aliphatic rings. The average molecular weight is 526 g/mol. The van der Waals surface area contributed by atoms with E-state index in [9.17, 15) is 5.11 Å². The fourth-order valence-electron chi connectivity index (χ4n) is 3.46. The molecular formula is C22H31IN4O3. The van der Waals surface area contributed by atoms with E-state index in [0.29, 0.717) is 24.0 Å². The summed E-state index contributed by atoms with van der Waals surface area (Å²) in [5, 5.41) is 12.8. The lowest BCUT2D eigenvalue weighted by atomic mass is 10.0. The Morgan fingerprint density at radius 1 is 1.10 bits per heavy atom. The van der Waals surface area contributed by atoms with E-state index in [4.69, 9.17) is 15.2 Å². The normalized spacial score (nSPS) is 15.4. The third-order valence-corrected chi connectivity index (χ3v) is 5.15. The third-order valence-electron chi connectivity index (χ3n) is 5.15. The summed E-state index contributed by atoms with van der Waals surface area (Å²) in [6.07, 6.45) is 1.51. The van der Waals surface area contributed by atoms with Crippen molar-refractivity contribution in [1.29, 1.82) is 0 Å². The molecule has 0 amide bonds. The van der Waals surface area contributed by atoms with Crippen LogP contribution in [0.25, 0.3) is 0 Å². The lowest BCUT2D eigenvalue weighted by Crippen LogP contribution is -2.35. The van der Waals surface area contributed by atoms with Gasteiger partial charge in [0.05, 0.1) is 26.9 Å². The van der Waals surface area contributed by atoms with E-state index in [1.54, 1.807) is 14.2 Å². The van der Waals surface area contributed by atoms with Gasteiger partial charge in [-0.2, -0.15) is 0 Å². The molecule has 1 saturated heterocycles. The van der Waals surface area contributed by atoms with Gasteiger partial charge in [0.1, 0.15) is 0 Å². The molecule has 0 aliphatic carbocycles. The first-order chi connectivity index (χ1) is 14.1. The largest absolute Gasteiger partial charge is 0.493 e. The Morgan fingerprint density at radius 3 is 2.43 bits per heavy atom. The van der Waals surface area contributed by atoms with Gasteiger partial charge in [0.2, 0.25) is 0 Å². The van der Waals surface area contributed by atoms with Gasteiger partial charge in [-0.25, -0.2) is 4.99 Å². The average Bonchev–Trinajstić information content (AvgIpc) is 2.74. The van der Waals surface area contributed by atoms with Crippen LogP contribution in [-0.2, 0) is 13.1 Å². The van der Waals surface area contributed by atoms with E-state index in [2.05, 4.69) is 27.3 Å². The summed E-state index contributed by atoms with van der Waals surface area (Å²) in [6.45, 7) is 3.20. The van der Waals surface area contributed by atoms with Crippen molar-refractivity contribution < 1.29 is 14.6 Å². The molecule has 1 heterocycles. The second kappa shape index (κ2) is 12.0. The molecule has 2 aromatic carbocycles. The van der Waals surface area contributed by atoms with Crippen molar-refractivity contribution in [3.05, 3.63) is 53.6 Å². The molecule has 0 unspecified atom stereocenters. The van der Waals surface area contributed by atoms with E-state index < -0.39 is 0 Å². The monoisotopic (exact) mass is 526 g/mol. The lowest BCUT2D eigenvalue weighted by Gasteiger charge is -2.30. The summed E-state index contributed by atoms with van der Waals surface area (Å²) in [7, 11) is 3.20. The molecular weight excluding hydrogens is 495 g/mol. The van der Waals surface area contributed by atoms with Crippen molar-refractivity contribution >= 4 is 35.6 Å². The topological polar surface area (TPSA) is 92.3 Å². The molecule has 1 fully saturated rings. The molecule has 0 saturated carbocycles. The Labute approximate surface area is 195 Å². The highest BCUT2D eigenvalue weighted by molar-refractivity contribution is 14.0. The minimum Gasteiger partial charge on any atom is -0.493 e. The number of aliphatic hydroxyl groups excluding tert-OH is 1. The van der Waals surface area contributed by atoms with E-state index in [1.165, 1.54) is 5.56 Å². The number of halogens is 1. The van der Waals surface area contributed by atoms with E-state index in [1.807, 2.05) is 30.3 Å². The van der Waals surface area contributed by atoms with Crippen LogP contribution >= 0.6 is 24.0 Å². The van der Waals surface area contributed by atoms with Crippen LogP contribution in [0.5, 0.6) is 11.5 Å². The van der Waals surface area contributed by atoms with Crippen molar-refractivity contribution in [2.24, 2.45) is 10.7 Å². The van der Waals surface area contributed by atoms with Gasteiger partial charge in [0, 0.05) is 31.4 Å². The van der Waals surface area contributed by atoms with Crippen molar-refractivity contribution in [2.75, 3.05) is 32.6 Å². The number of hydrogen-bond donors (Lipinski definition) is 3. The fourth-order valence-corrected chi connectivity index (χ4v) is 3.46. The summed E-state index contributed by atoms with van der Waals surface area (Å²) in [5.74, 6) is 1.63. The molecule has 1 aliphatic heterocycles. The molecule has 0 atom stereocenters. The fraction of sp³-hybridized carbons (Fsp3) is 0.409.